The standard InChI is InChI=1S/C22H26N4O8S/c1-25(2)11-10-23-20(29)15-13-35(33-18(27)8-9-19(28)34-35)22(24-15)26(3)21(30)14-6-7-16(31-4)17(12-14)32-5/h6-9,12-13H,10-11H2,1-5H3,(H,23,29). The highest BCUT2D eigenvalue weighted by Gasteiger charge is 2.44. The maximum atomic E-state index is 13.3. The molecule has 0 atom stereocenters. The normalized spacial score (nSPS) is 17.1. The molecule has 13 heteroatoms. The lowest BCUT2D eigenvalue weighted by Crippen LogP contribution is -2.37. The van der Waals surface area contributed by atoms with Crippen LogP contribution in [0.5, 0.6) is 11.5 Å². The van der Waals surface area contributed by atoms with Gasteiger partial charge in [-0.25, -0.2) is 14.6 Å². The van der Waals surface area contributed by atoms with E-state index in [1.165, 1.54) is 38.8 Å². The Labute approximate surface area is 203 Å². The number of ether oxygens (including phenoxy) is 2. The summed E-state index contributed by atoms with van der Waals surface area (Å²) in [6, 6.07) is 4.52. The van der Waals surface area contributed by atoms with Crippen molar-refractivity contribution in [2.75, 3.05) is 48.5 Å². The second-order valence-electron chi connectivity index (χ2n) is 7.57. The quantitative estimate of drug-likeness (QED) is 0.573. The molecule has 3 rings (SSSR count). The number of nitrogens with one attached hydrogen (secondary N) is 1. The van der Waals surface area contributed by atoms with Gasteiger partial charge in [0, 0.05) is 37.9 Å². The van der Waals surface area contributed by atoms with Gasteiger partial charge in [0.25, 0.3) is 17.0 Å². The first kappa shape index (κ1) is 25.8. The summed E-state index contributed by atoms with van der Waals surface area (Å²) < 4.78 is 21.3. The number of rotatable bonds is 7. The van der Waals surface area contributed by atoms with Crippen LogP contribution in [0.15, 0.2) is 46.4 Å². The van der Waals surface area contributed by atoms with Crippen molar-refractivity contribution in [1.29, 1.82) is 0 Å². The maximum Gasteiger partial charge on any atom is 0.354 e. The van der Waals surface area contributed by atoms with Crippen molar-refractivity contribution >= 4 is 39.5 Å². The SMILES string of the molecule is COc1ccc(C(=O)N(C)C2=NC(C(=O)NCCN(C)C)=CS23OC(=O)C=CC(=O)O3)cc1OC. The van der Waals surface area contributed by atoms with Gasteiger partial charge in [0.1, 0.15) is 5.70 Å². The van der Waals surface area contributed by atoms with Gasteiger partial charge in [0.05, 0.1) is 19.6 Å². The number of carbonyl (C=O) groups is 4. The van der Waals surface area contributed by atoms with E-state index in [1.807, 2.05) is 19.0 Å². The van der Waals surface area contributed by atoms with Crippen LogP contribution in [0.4, 0.5) is 0 Å². The molecule has 0 saturated heterocycles. The Morgan fingerprint density at radius 1 is 1.03 bits per heavy atom. The Bertz CT molecular complexity index is 1120. The highest BCUT2D eigenvalue weighted by Crippen LogP contribution is 2.59. The van der Waals surface area contributed by atoms with E-state index in [4.69, 9.17) is 17.8 Å². The lowest BCUT2D eigenvalue weighted by atomic mass is 10.2. The van der Waals surface area contributed by atoms with E-state index in [0.29, 0.717) is 24.6 Å². The Kier molecular flexibility index (Phi) is 7.82. The van der Waals surface area contributed by atoms with E-state index in [2.05, 4.69) is 10.3 Å². The summed E-state index contributed by atoms with van der Waals surface area (Å²) in [6.45, 7) is 0.886. The second kappa shape index (κ2) is 10.6. The number of amides is 2. The van der Waals surface area contributed by atoms with Gasteiger partial charge in [-0.15, -0.1) is 0 Å². The van der Waals surface area contributed by atoms with Gasteiger partial charge in [0.2, 0.25) is 0 Å². The van der Waals surface area contributed by atoms with Crippen molar-refractivity contribution in [2.24, 2.45) is 4.99 Å². The lowest BCUT2D eigenvalue weighted by molar-refractivity contribution is -0.129. The predicted octanol–water partition coefficient (Wildman–Crippen LogP) is 0.955. The van der Waals surface area contributed by atoms with Crippen LogP contribution in [0.25, 0.3) is 0 Å². The summed E-state index contributed by atoms with van der Waals surface area (Å²) in [4.78, 5) is 57.7. The fourth-order valence-electron chi connectivity index (χ4n) is 3.07. The number of hydrogen-bond donors (Lipinski definition) is 1. The van der Waals surface area contributed by atoms with Crippen molar-refractivity contribution in [3.63, 3.8) is 0 Å². The molecule has 0 unspecified atom stereocenters. The van der Waals surface area contributed by atoms with E-state index >= 15 is 0 Å². The van der Waals surface area contributed by atoms with Crippen LogP contribution in [0.1, 0.15) is 10.4 Å². The molecule has 0 fully saturated rings. The highest BCUT2D eigenvalue weighted by atomic mass is 32.3. The van der Waals surface area contributed by atoms with Gasteiger partial charge in [-0.3, -0.25) is 14.5 Å². The number of amidine groups is 1. The smallest absolute Gasteiger partial charge is 0.354 e. The Morgan fingerprint density at radius 3 is 2.23 bits per heavy atom. The molecule has 2 amide bonds. The van der Waals surface area contributed by atoms with Gasteiger partial charge in [-0.2, -0.15) is 0 Å². The monoisotopic (exact) mass is 506 g/mol. The Hall–Kier alpha value is -3.84. The first-order valence-electron chi connectivity index (χ1n) is 10.3. The van der Waals surface area contributed by atoms with Crippen molar-refractivity contribution in [3.05, 3.63) is 47.0 Å². The van der Waals surface area contributed by atoms with Gasteiger partial charge < -0.3 is 28.1 Å². The molecule has 188 valence electrons. The zero-order valence-corrected chi connectivity index (χ0v) is 20.7. The minimum Gasteiger partial charge on any atom is -0.493 e. The number of carbonyl (C=O) groups excluding carboxylic acids is 4. The minimum absolute atomic E-state index is 0.150. The van der Waals surface area contributed by atoms with E-state index in [1.54, 1.807) is 6.07 Å². The van der Waals surface area contributed by atoms with Crippen molar-refractivity contribution in [3.8, 4) is 11.5 Å². The molecule has 1 N–H and O–H groups in total. The summed E-state index contributed by atoms with van der Waals surface area (Å²) >= 11 is 0. The molecular formula is C22H26N4O8S. The second-order valence-corrected chi connectivity index (χ2v) is 9.60. The molecular weight excluding hydrogens is 480 g/mol. The molecule has 2 aliphatic rings. The molecule has 0 aromatic heterocycles. The summed E-state index contributed by atoms with van der Waals surface area (Å²) in [5.41, 5.74) is 0.0407. The number of aliphatic imine (C=N–C) groups is 1. The predicted molar refractivity (Wildman–Crippen MR) is 128 cm³/mol. The van der Waals surface area contributed by atoms with Crippen LogP contribution < -0.4 is 14.8 Å². The highest BCUT2D eigenvalue weighted by molar-refractivity contribution is 8.41. The summed E-state index contributed by atoms with van der Waals surface area (Å²) in [6.07, 6.45) is 1.81. The molecule has 1 aromatic carbocycles. The maximum absolute atomic E-state index is 13.3. The average molecular weight is 507 g/mol. The van der Waals surface area contributed by atoms with Crippen molar-refractivity contribution in [2.45, 2.75) is 0 Å². The van der Waals surface area contributed by atoms with E-state index in [-0.39, 0.29) is 16.4 Å². The molecule has 0 aliphatic carbocycles. The number of benzene rings is 1. The van der Waals surface area contributed by atoms with Gasteiger partial charge in [-0.05, 0) is 42.9 Å². The first-order valence-corrected chi connectivity index (χ1v) is 11.9. The molecule has 2 heterocycles. The fourth-order valence-corrected chi connectivity index (χ4v) is 5.20. The van der Waals surface area contributed by atoms with E-state index in [0.717, 1.165) is 17.1 Å². The van der Waals surface area contributed by atoms with Crippen LogP contribution in [-0.4, -0.2) is 87.2 Å². The third-order valence-corrected chi connectivity index (χ3v) is 7.04. The van der Waals surface area contributed by atoms with Crippen LogP contribution in [-0.2, 0) is 22.7 Å². The first-order chi connectivity index (χ1) is 16.6. The van der Waals surface area contributed by atoms with Crippen LogP contribution in [0, 0.1) is 0 Å². The van der Waals surface area contributed by atoms with Gasteiger partial charge in [-0.1, -0.05) is 0 Å². The number of nitrogens with zero attached hydrogens (tertiary/aromatic N) is 3. The van der Waals surface area contributed by atoms with Gasteiger partial charge in [0.15, 0.2) is 11.5 Å². The Balaban J connectivity index is 1.97. The summed E-state index contributed by atoms with van der Waals surface area (Å²) in [7, 11) is 4.61. The number of hydrogen-bond acceptors (Lipinski definition) is 10. The van der Waals surface area contributed by atoms with Gasteiger partial charge >= 0.3 is 11.9 Å². The van der Waals surface area contributed by atoms with Crippen molar-refractivity contribution < 1.29 is 37.0 Å². The molecule has 0 radical (unpaired) electrons. The molecule has 0 bridgehead atoms. The zero-order chi connectivity index (χ0) is 25.8. The number of methoxy groups -OCH3 is 2. The average Bonchev–Trinajstić information content (AvgIpc) is 3.11. The third-order valence-electron chi connectivity index (χ3n) is 4.80. The summed E-state index contributed by atoms with van der Waals surface area (Å²) in [5.74, 6) is -2.18. The van der Waals surface area contributed by atoms with Crippen LogP contribution in [0.3, 0.4) is 0 Å². The topological polar surface area (TPSA) is 136 Å². The number of likely N-dealkylation sites (N-methyl/N-ethyl adjacent to an activating group) is 1. The van der Waals surface area contributed by atoms with E-state index in [9.17, 15) is 19.2 Å². The Morgan fingerprint density at radius 2 is 1.66 bits per heavy atom. The minimum atomic E-state index is -3.35. The molecule has 35 heavy (non-hydrogen) atoms. The molecule has 0 saturated carbocycles. The van der Waals surface area contributed by atoms with Crippen LogP contribution in [0.2, 0.25) is 0 Å². The third kappa shape index (κ3) is 5.63. The lowest BCUT2D eigenvalue weighted by Gasteiger charge is -2.37. The summed E-state index contributed by atoms with van der Waals surface area (Å²) in [5, 5.41) is 3.67. The zero-order valence-electron chi connectivity index (χ0n) is 19.9. The van der Waals surface area contributed by atoms with Crippen molar-refractivity contribution in [1.82, 2.24) is 15.1 Å². The fraction of sp³-hybridized carbons (Fsp3) is 0.318. The molecule has 1 spiro atoms. The van der Waals surface area contributed by atoms with Crippen LogP contribution >= 0.6 is 10.6 Å². The molecule has 12 nitrogen and oxygen atoms in total. The molecule has 1 aromatic rings. The largest absolute Gasteiger partial charge is 0.493 e. The molecule has 2 aliphatic heterocycles. The van der Waals surface area contributed by atoms with E-state index < -0.39 is 34.3 Å².